The molecule has 0 aromatic rings. The van der Waals surface area contributed by atoms with Gasteiger partial charge in [-0.05, 0) is 11.3 Å². The highest BCUT2D eigenvalue weighted by molar-refractivity contribution is 5.67. The molecule has 0 heterocycles. The molecule has 0 aromatic carbocycles. The zero-order chi connectivity index (χ0) is 9.19. The first-order chi connectivity index (χ1) is 5.52. The molecule has 0 bridgehead atoms. The molecule has 0 aromatic heterocycles. The van der Waals surface area contributed by atoms with Crippen LogP contribution in [-0.4, -0.2) is 11.1 Å². The lowest BCUT2D eigenvalue weighted by atomic mass is 9.74. The smallest absolute Gasteiger partial charge is 0.303 e. The molecule has 0 fully saturated rings. The lowest BCUT2D eigenvalue weighted by Gasteiger charge is -2.30. The quantitative estimate of drug-likeness (QED) is 0.683. The topological polar surface area (TPSA) is 37.3 Å². The number of carbonyl (C=O) groups is 1. The fourth-order valence-corrected chi connectivity index (χ4v) is 1.39. The summed E-state index contributed by atoms with van der Waals surface area (Å²) in [6.45, 7) is 4.11. The number of carboxylic acids is 1. The van der Waals surface area contributed by atoms with E-state index in [2.05, 4.69) is 19.9 Å². The van der Waals surface area contributed by atoms with Crippen LogP contribution in [0.25, 0.3) is 0 Å². The molecule has 0 unspecified atom stereocenters. The molecule has 0 amide bonds. The van der Waals surface area contributed by atoms with Crippen molar-refractivity contribution in [2.75, 3.05) is 0 Å². The van der Waals surface area contributed by atoms with Gasteiger partial charge in [-0.3, -0.25) is 4.79 Å². The van der Waals surface area contributed by atoms with Crippen LogP contribution < -0.4 is 0 Å². The Morgan fingerprint density at radius 3 is 2.67 bits per heavy atom. The molecule has 1 rings (SSSR count). The van der Waals surface area contributed by atoms with Gasteiger partial charge in [0.15, 0.2) is 0 Å². The second-order valence-corrected chi connectivity index (χ2v) is 3.77. The van der Waals surface area contributed by atoms with Gasteiger partial charge in [-0.15, -0.1) is 0 Å². The maximum absolute atomic E-state index is 10.5. The van der Waals surface area contributed by atoms with Gasteiger partial charge in [-0.2, -0.15) is 0 Å². The van der Waals surface area contributed by atoms with Crippen LogP contribution in [0.3, 0.4) is 0 Å². The molecule has 0 saturated carbocycles. The molecule has 1 N–H and O–H groups in total. The van der Waals surface area contributed by atoms with E-state index in [-0.39, 0.29) is 17.8 Å². The van der Waals surface area contributed by atoms with E-state index in [1.54, 1.807) is 0 Å². The molecule has 2 nitrogen and oxygen atoms in total. The van der Waals surface area contributed by atoms with Crippen LogP contribution in [0.4, 0.5) is 0 Å². The summed E-state index contributed by atoms with van der Waals surface area (Å²) >= 11 is 0. The van der Waals surface area contributed by atoms with E-state index in [0.29, 0.717) is 0 Å². The van der Waals surface area contributed by atoms with E-state index in [9.17, 15) is 4.79 Å². The Balaban J connectivity index is 2.70. The van der Waals surface area contributed by atoms with Gasteiger partial charge >= 0.3 is 5.97 Å². The van der Waals surface area contributed by atoms with Crippen molar-refractivity contribution in [2.24, 2.45) is 11.3 Å². The summed E-state index contributed by atoms with van der Waals surface area (Å²) in [5, 5.41) is 8.64. The first-order valence-electron chi connectivity index (χ1n) is 4.10. The van der Waals surface area contributed by atoms with Gasteiger partial charge in [0.1, 0.15) is 0 Å². The van der Waals surface area contributed by atoms with Gasteiger partial charge in [0.05, 0.1) is 6.42 Å². The molecule has 12 heavy (non-hydrogen) atoms. The maximum atomic E-state index is 10.5. The molecular weight excluding hydrogens is 152 g/mol. The van der Waals surface area contributed by atoms with Gasteiger partial charge in [-0.25, -0.2) is 0 Å². The van der Waals surface area contributed by atoms with Crippen molar-refractivity contribution in [1.82, 2.24) is 0 Å². The SMILES string of the molecule is CC1(C)C=CC=C[C@H]1CC(=O)O. The van der Waals surface area contributed by atoms with Gasteiger partial charge < -0.3 is 5.11 Å². The highest BCUT2D eigenvalue weighted by Crippen LogP contribution is 2.34. The number of rotatable bonds is 2. The maximum Gasteiger partial charge on any atom is 0.303 e. The molecule has 0 radical (unpaired) electrons. The zero-order valence-corrected chi connectivity index (χ0v) is 7.45. The molecule has 1 atom stereocenters. The monoisotopic (exact) mass is 166 g/mol. The van der Waals surface area contributed by atoms with Crippen LogP contribution >= 0.6 is 0 Å². The second kappa shape index (κ2) is 3.13. The van der Waals surface area contributed by atoms with Crippen molar-refractivity contribution in [1.29, 1.82) is 0 Å². The van der Waals surface area contributed by atoms with Crippen LogP contribution in [0.15, 0.2) is 24.3 Å². The first-order valence-corrected chi connectivity index (χ1v) is 4.10. The number of hydrogen-bond donors (Lipinski definition) is 1. The molecular formula is C10H14O2. The van der Waals surface area contributed by atoms with Crippen LogP contribution in [0.5, 0.6) is 0 Å². The van der Waals surface area contributed by atoms with E-state index < -0.39 is 5.97 Å². The average molecular weight is 166 g/mol. The van der Waals surface area contributed by atoms with Crippen molar-refractivity contribution < 1.29 is 9.90 Å². The molecule has 2 heteroatoms. The minimum absolute atomic E-state index is 0.0207. The summed E-state index contributed by atoms with van der Waals surface area (Å²) in [4.78, 5) is 10.5. The van der Waals surface area contributed by atoms with Crippen LogP contribution in [0.2, 0.25) is 0 Å². The van der Waals surface area contributed by atoms with Crippen LogP contribution in [0.1, 0.15) is 20.3 Å². The summed E-state index contributed by atoms with van der Waals surface area (Å²) in [5.41, 5.74) is -0.0207. The third-order valence-electron chi connectivity index (χ3n) is 2.33. The predicted molar refractivity (Wildman–Crippen MR) is 47.8 cm³/mol. The van der Waals surface area contributed by atoms with Gasteiger partial charge in [0, 0.05) is 0 Å². The third-order valence-corrected chi connectivity index (χ3v) is 2.33. The lowest BCUT2D eigenvalue weighted by Crippen LogP contribution is -2.24. The second-order valence-electron chi connectivity index (χ2n) is 3.77. The van der Waals surface area contributed by atoms with Gasteiger partial charge in [0.25, 0.3) is 0 Å². The summed E-state index contributed by atoms with van der Waals surface area (Å²) in [5.74, 6) is -0.604. The first kappa shape index (κ1) is 9.04. The standard InChI is InChI=1S/C10H14O2/c1-10(2)6-4-3-5-8(10)7-9(11)12/h3-6,8H,7H2,1-2H3,(H,11,12)/t8-/m0/s1. The number of hydrogen-bond acceptors (Lipinski definition) is 1. The fraction of sp³-hybridized carbons (Fsp3) is 0.500. The zero-order valence-electron chi connectivity index (χ0n) is 7.45. The van der Waals surface area contributed by atoms with Gasteiger partial charge in [-0.1, -0.05) is 38.2 Å². The molecule has 0 saturated heterocycles. The van der Waals surface area contributed by atoms with Crippen molar-refractivity contribution in [3.05, 3.63) is 24.3 Å². The minimum atomic E-state index is -0.729. The Kier molecular flexibility index (Phi) is 2.36. The van der Waals surface area contributed by atoms with Crippen molar-refractivity contribution in [3.63, 3.8) is 0 Å². The summed E-state index contributed by atoms with van der Waals surface area (Å²) in [7, 11) is 0. The number of aliphatic carboxylic acids is 1. The summed E-state index contributed by atoms with van der Waals surface area (Å²) in [6.07, 6.45) is 8.12. The Morgan fingerprint density at radius 1 is 1.50 bits per heavy atom. The van der Waals surface area contributed by atoms with Crippen LogP contribution in [-0.2, 0) is 4.79 Å². The van der Waals surface area contributed by atoms with Crippen molar-refractivity contribution in [2.45, 2.75) is 20.3 Å². The van der Waals surface area contributed by atoms with E-state index in [0.717, 1.165) is 0 Å². The molecule has 66 valence electrons. The van der Waals surface area contributed by atoms with Crippen LogP contribution in [0, 0.1) is 11.3 Å². The molecule has 0 spiro atoms. The third kappa shape index (κ3) is 1.97. The normalized spacial score (nSPS) is 25.7. The van der Waals surface area contributed by atoms with Crippen molar-refractivity contribution >= 4 is 5.97 Å². The average Bonchev–Trinajstić information content (AvgIpc) is 1.92. The Labute approximate surface area is 72.6 Å². The molecule has 1 aliphatic carbocycles. The highest BCUT2D eigenvalue weighted by Gasteiger charge is 2.27. The Bertz CT molecular complexity index is 236. The highest BCUT2D eigenvalue weighted by atomic mass is 16.4. The fourth-order valence-electron chi connectivity index (χ4n) is 1.39. The molecule has 1 aliphatic rings. The lowest BCUT2D eigenvalue weighted by molar-refractivity contribution is -0.138. The Hall–Kier alpha value is -1.05. The Morgan fingerprint density at radius 2 is 2.17 bits per heavy atom. The number of allylic oxidation sites excluding steroid dienone is 4. The summed E-state index contributed by atoms with van der Waals surface area (Å²) < 4.78 is 0. The molecule has 0 aliphatic heterocycles. The van der Waals surface area contributed by atoms with E-state index in [4.69, 9.17) is 5.11 Å². The van der Waals surface area contributed by atoms with E-state index >= 15 is 0 Å². The predicted octanol–water partition coefficient (Wildman–Crippen LogP) is 2.23. The summed E-state index contributed by atoms with van der Waals surface area (Å²) in [6, 6.07) is 0. The number of carboxylic acid groups (broad SMARTS) is 1. The van der Waals surface area contributed by atoms with Gasteiger partial charge in [0.2, 0.25) is 0 Å². The van der Waals surface area contributed by atoms with Crippen molar-refractivity contribution in [3.8, 4) is 0 Å². The largest absolute Gasteiger partial charge is 0.481 e. The minimum Gasteiger partial charge on any atom is -0.481 e. The van der Waals surface area contributed by atoms with E-state index in [1.165, 1.54) is 0 Å². The van der Waals surface area contributed by atoms with E-state index in [1.807, 2.05) is 18.2 Å².